The van der Waals surface area contributed by atoms with Gasteiger partial charge in [-0.2, -0.15) is 0 Å². The molecule has 0 aromatic heterocycles. The van der Waals surface area contributed by atoms with Crippen molar-refractivity contribution in [3.63, 3.8) is 0 Å². The van der Waals surface area contributed by atoms with Crippen molar-refractivity contribution in [2.75, 3.05) is 36.0 Å². The average Bonchev–Trinajstić information content (AvgIpc) is 3.44. The molecule has 0 radical (unpaired) electrons. The first-order valence-electron chi connectivity index (χ1n) is 9.45. The Balaban J connectivity index is 1.57. The van der Waals surface area contributed by atoms with Gasteiger partial charge >= 0.3 is 0 Å². The van der Waals surface area contributed by atoms with Gasteiger partial charge in [-0.1, -0.05) is 6.92 Å². The molecule has 2 amide bonds. The summed E-state index contributed by atoms with van der Waals surface area (Å²) in [6.07, 6.45) is 4.47. The van der Waals surface area contributed by atoms with E-state index in [4.69, 9.17) is 0 Å². The molecule has 136 valence electrons. The molecular weight excluding hydrogens is 314 g/mol. The zero-order chi connectivity index (χ0) is 17.8. The van der Waals surface area contributed by atoms with Gasteiger partial charge in [0.1, 0.15) is 0 Å². The average molecular weight is 343 g/mol. The van der Waals surface area contributed by atoms with Crippen molar-refractivity contribution < 1.29 is 9.59 Å². The van der Waals surface area contributed by atoms with Crippen molar-refractivity contribution in [1.29, 1.82) is 0 Å². The van der Waals surface area contributed by atoms with E-state index in [1.165, 1.54) is 18.5 Å². The highest BCUT2D eigenvalue weighted by Gasteiger charge is 2.29. The van der Waals surface area contributed by atoms with Gasteiger partial charge in [0.15, 0.2) is 0 Å². The molecule has 2 aliphatic rings. The molecule has 1 heterocycles. The van der Waals surface area contributed by atoms with Crippen LogP contribution in [0.25, 0.3) is 0 Å². The minimum atomic E-state index is 0.000202. The molecule has 5 heteroatoms. The Labute approximate surface area is 150 Å². The van der Waals surface area contributed by atoms with Crippen LogP contribution in [0.4, 0.5) is 11.4 Å². The van der Waals surface area contributed by atoms with Gasteiger partial charge in [0.25, 0.3) is 0 Å². The molecule has 1 aliphatic heterocycles. The lowest BCUT2D eigenvalue weighted by Gasteiger charge is -2.32. The van der Waals surface area contributed by atoms with Crippen LogP contribution in [0.1, 0.15) is 39.5 Å². The molecule has 0 unspecified atom stereocenters. The summed E-state index contributed by atoms with van der Waals surface area (Å²) < 4.78 is 0. The first-order valence-corrected chi connectivity index (χ1v) is 9.45. The van der Waals surface area contributed by atoms with Gasteiger partial charge in [-0.15, -0.1) is 0 Å². The number of benzene rings is 1. The van der Waals surface area contributed by atoms with Crippen LogP contribution < -0.4 is 15.1 Å². The SMILES string of the molecule is CC(=O)N(CCNC(=O)C1CC1)c1ccc(N2CCC(C)CC2)cc1. The molecule has 3 rings (SSSR count). The summed E-state index contributed by atoms with van der Waals surface area (Å²) in [6, 6.07) is 8.23. The number of nitrogens with zero attached hydrogens (tertiary/aromatic N) is 2. The Kier molecular flexibility index (Phi) is 5.61. The lowest BCUT2D eigenvalue weighted by molar-refractivity contribution is -0.122. The van der Waals surface area contributed by atoms with Gasteiger partial charge in [0, 0.05) is 50.4 Å². The van der Waals surface area contributed by atoms with E-state index in [0.717, 1.165) is 37.5 Å². The fraction of sp³-hybridized carbons (Fsp3) is 0.600. The van der Waals surface area contributed by atoms with E-state index in [-0.39, 0.29) is 17.7 Å². The summed E-state index contributed by atoms with van der Waals surface area (Å²) in [4.78, 5) is 27.9. The smallest absolute Gasteiger partial charge is 0.223 e. The first-order chi connectivity index (χ1) is 12.0. The predicted molar refractivity (Wildman–Crippen MR) is 101 cm³/mol. The van der Waals surface area contributed by atoms with Crippen LogP contribution in [0.5, 0.6) is 0 Å². The summed E-state index contributed by atoms with van der Waals surface area (Å²) in [5, 5.41) is 2.93. The van der Waals surface area contributed by atoms with Crippen molar-refractivity contribution in [3.8, 4) is 0 Å². The number of rotatable bonds is 6. The zero-order valence-corrected chi connectivity index (χ0v) is 15.3. The van der Waals surface area contributed by atoms with Crippen molar-refractivity contribution in [2.24, 2.45) is 11.8 Å². The minimum absolute atomic E-state index is 0.000202. The van der Waals surface area contributed by atoms with Crippen LogP contribution in [0.15, 0.2) is 24.3 Å². The molecule has 0 atom stereocenters. The Morgan fingerprint density at radius 1 is 1.12 bits per heavy atom. The molecular formula is C20H29N3O2. The fourth-order valence-electron chi connectivity index (χ4n) is 3.36. The number of anilines is 2. The van der Waals surface area contributed by atoms with Gasteiger partial charge < -0.3 is 15.1 Å². The van der Waals surface area contributed by atoms with E-state index in [9.17, 15) is 9.59 Å². The lowest BCUT2D eigenvalue weighted by atomic mass is 9.99. The van der Waals surface area contributed by atoms with Crippen LogP contribution in [-0.4, -0.2) is 38.0 Å². The second-order valence-corrected chi connectivity index (χ2v) is 7.42. The maximum absolute atomic E-state index is 12.0. The maximum atomic E-state index is 12.0. The number of hydrogen-bond acceptors (Lipinski definition) is 3. The summed E-state index contributed by atoms with van der Waals surface area (Å²) >= 11 is 0. The monoisotopic (exact) mass is 343 g/mol. The molecule has 2 fully saturated rings. The van der Waals surface area contributed by atoms with E-state index in [0.29, 0.717) is 13.1 Å². The number of hydrogen-bond donors (Lipinski definition) is 1. The third-order valence-corrected chi connectivity index (χ3v) is 5.27. The molecule has 1 aliphatic carbocycles. The van der Waals surface area contributed by atoms with Crippen molar-refractivity contribution in [3.05, 3.63) is 24.3 Å². The quantitative estimate of drug-likeness (QED) is 0.864. The van der Waals surface area contributed by atoms with Gasteiger partial charge in [-0.05, 0) is 55.9 Å². The molecule has 1 N–H and O–H groups in total. The molecule has 0 spiro atoms. The fourth-order valence-corrected chi connectivity index (χ4v) is 3.36. The molecule has 0 bridgehead atoms. The van der Waals surface area contributed by atoms with Gasteiger partial charge in [0.05, 0.1) is 0 Å². The van der Waals surface area contributed by atoms with Crippen molar-refractivity contribution in [1.82, 2.24) is 5.32 Å². The molecule has 5 nitrogen and oxygen atoms in total. The molecule has 1 saturated heterocycles. The molecule has 1 saturated carbocycles. The van der Waals surface area contributed by atoms with Crippen molar-refractivity contribution in [2.45, 2.75) is 39.5 Å². The summed E-state index contributed by atoms with van der Waals surface area (Å²) in [5.41, 5.74) is 2.11. The Morgan fingerprint density at radius 2 is 1.76 bits per heavy atom. The topological polar surface area (TPSA) is 52.7 Å². The number of carbonyl (C=O) groups is 2. The van der Waals surface area contributed by atoms with E-state index in [2.05, 4.69) is 29.3 Å². The summed E-state index contributed by atoms with van der Waals surface area (Å²) in [7, 11) is 0. The highest BCUT2D eigenvalue weighted by Crippen LogP contribution is 2.28. The van der Waals surface area contributed by atoms with Crippen LogP contribution in [0.3, 0.4) is 0 Å². The van der Waals surface area contributed by atoms with Crippen LogP contribution in [0, 0.1) is 11.8 Å². The van der Waals surface area contributed by atoms with E-state index >= 15 is 0 Å². The summed E-state index contributed by atoms with van der Waals surface area (Å²) in [6.45, 7) is 7.10. The Bertz CT molecular complexity index is 602. The lowest BCUT2D eigenvalue weighted by Crippen LogP contribution is -2.38. The van der Waals surface area contributed by atoms with E-state index in [1.807, 2.05) is 12.1 Å². The third kappa shape index (κ3) is 4.74. The predicted octanol–water partition coefficient (Wildman–Crippen LogP) is 2.80. The Morgan fingerprint density at radius 3 is 2.32 bits per heavy atom. The highest BCUT2D eigenvalue weighted by atomic mass is 16.2. The second kappa shape index (κ2) is 7.89. The standard InChI is InChI=1S/C20H29N3O2/c1-15-9-12-22(13-10-15)18-5-7-19(8-6-18)23(16(2)24)14-11-21-20(25)17-3-4-17/h5-8,15,17H,3-4,9-14H2,1-2H3,(H,21,25). The zero-order valence-electron chi connectivity index (χ0n) is 15.3. The molecule has 1 aromatic rings. The van der Waals surface area contributed by atoms with Crippen LogP contribution >= 0.6 is 0 Å². The third-order valence-electron chi connectivity index (χ3n) is 5.27. The maximum Gasteiger partial charge on any atom is 0.223 e. The van der Waals surface area contributed by atoms with Crippen LogP contribution in [-0.2, 0) is 9.59 Å². The van der Waals surface area contributed by atoms with Crippen LogP contribution in [0.2, 0.25) is 0 Å². The van der Waals surface area contributed by atoms with Gasteiger partial charge in [-0.25, -0.2) is 0 Å². The number of carbonyl (C=O) groups excluding carboxylic acids is 2. The number of nitrogens with one attached hydrogen (secondary N) is 1. The normalized spacial score (nSPS) is 18.1. The number of piperidine rings is 1. The van der Waals surface area contributed by atoms with Crippen molar-refractivity contribution >= 4 is 23.2 Å². The first kappa shape index (κ1) is 17.8. The Hall–Kier alpha value is -2.04. The largest absolute Gasteiger partial charge is 0.372 e. The van der Waals surface area contributed by atoms with Gasteiger partial charge in [-0.3, -0.25) is 9.59 Å². The number of amides is 2. The molecule has 1 aromatic carbocycles. The summed E-state index contributed by atoms with van der Waals surface area (Å²) in [5.74, 6) is 1.14. The second-order valence-electron chi connectivity index (χ2n) is 7.42. The van der Waals surface area contributed by atoms with E-state index < -0.39 is 0 Å². The van der Waals surface area contributed by atoms with Gasteiger partial charge in [0.2, 0.25) is 11.8 Å². The minimum Gasteiger partial charge on any atom is -0.372 e. The molecule has 25 heavy (non-hydrogen) atoms. The van der Waals surface area contributed by atoms with E-state index in [1.54, 1.807) is 11.8 Å². The highest BCUT2D eigenvalue weighted by molar-refractivity contribution is 5.91.